The molecule has 57 heavy (non-hydrogen) atoms. The summed E-state index contributed by atoms with van der Waals surface area (Å²) in [4.78, 5) is 0. The number of hydrogen-bond donors (Lipinski definition) is 2. The van der Waals surface area contributed by atoms with E-state index < -0.39 is 7.12 Å². The lowest BCUT2D eigenvalue weighted by Gasteiger charge is -2.06. The largest absolute Gasteiger partial charge is 0.488 e. The van der Waals surface area contributed by atoms with Crippen LogP contribution >= 0.6 is 54.5 Å². The van der Waals surface area contributed by atoms with E-state index in [0.29, 0.717) is 5.46 Å². The molecule has 280 valence electrons. The van der Waals surface area contributed by atoms with Crippen LogP contribution in [0.5, 0.6) is 0 Å². The van der Waals surface area contributed by atoms with E-state index in [1.54, 1.807) is 23.5 Å². The molecule has 10 rings (SSSR count). The van der Waals surface area contributed by atoms with Gasteiger partial charge in [-0.1, -0.05) is 190 Å². The maximum atomic E-state index is 9.21. The van der Waals surface area contributed by atoms with Gasteiger partial charge >= 0.3 is 7.12 Å². The summed E-state index contributed by atoms with van der Waals surface area (Å²) < 4.78 is 7.51. The average molecular weight is 907 g/mol. The summed E-state index contributed by atoms with van der Waals surface area (Å²) in [5, 5.41) is 23.7. The maximum absolute atomic E-state index is 9.21. The number of rotatable bonds is 4. The van der Waals surface area contributed by atoms with Crippen molar-refractivity contribution in [2.45, 2.75) is 14.4 Å². The lowest BCUT2D eigenvalue weighted by atomic mass is 9.80. The van der Waals surface area contributed by atoms with Crippen LogP contribution in [0.4, 0.5) is 0 Å². The van der Waals surface area contributed by atoms with Gasteiger partial charge in [-0.25, -0.2) is 0 Å². The zero-order valence-corrected chi connectivity index (χ0v) is 35.2. The molecule has 0 saturated carbocycles. The van der Waals surface area contributed by atoms with Crippen LogP contribution in [0.25, 0.3) is 73.7 Å². The normalized spacial score (nSPS) is 10.8. The maximum Gasteiger partial charge on any atom is 0.488 e. The summed E-state index contributed by atoms with van der Waals surface area (Å²) in [6.45, 7) is 2.08. The van der Waals surface area contributed by atoms with Crippen molar-refractivity contribution >= 4 is 107 Å². The SMILES string of the molecule is Brc1ccc(-c2ccc(-c3cccc4c3sc3ccccc34)cc2)cc1.C.Cc1ccc(Br)cc1.OB(O)c1ccc(-c2cccc3c2sc2ccccc23)cc1. The van der Waals surface area contributed by atoms with Gasteiger partial charge in [-0.05, 0) is 82.2 Å². The average Bonchev–Trinajstić information content (AvgIpc) is 3.82. The van der Waals surface area contributed by atoms with Crippen LogP contribution in [0.2, 0.25) is 0 Å². The molecule has 8 aromatic carbocycles. The molecular formula is C50H39BBr2O2S2. The Morgan fingerprint density at radius 1 is 0.404 bits per heavy atom. The highest BCUT2D eigenvalue weighted by Crippen LogP contribution is 2.41. The van der Waals surface area contributed by atoms with Crippen LogP contribution in [0, 0.1) is 6.92 Å². The summed E-state index contributed by atoms with van der Waals surface area (Å²) in [6, 6.07) is 63.0. The highest BCUT2D eigenvalue weighted by Gasteiger charge is 2.13. The summed E-state index contributed by atoms with van der Waals surface area (Å²) >= 11 is 10.5. The van der Waals surface area contributed by atoms with Gasteiger partial charge in [-0.15, -0.1) is 22.7 Å². The Hall–Kier alpha value is -4.86. The molecule has 0 fully saturated rings. The molecule has 0 unspecified atom stereocenters. The number of aryl methyl sites for hydroxylation is 1. The van der Waals surface area contributed by atoms with Gasteiger partial charge in [0, 0.05) is 49.3 Å². The Labute approximate surface area is 359 Å². The van der Waals surface area contributed by atoms with Gasteiger partial charge in [-0.2, -0.15) is 0 Å². The van der Waals surface area contributed by atoms with E-state index >= 15 is 0 Å². The van der Waals surface area contributed by atoms with Crippen molar-refractivity contribution in [2.24, 2.45) is 0 Å². The van der Waals surface area contributed by atoms with Gasteiger partial charge < -0.3 is 10.0 Å². The number of fused-ring (bicyclic) bond motifs is 6. The smallest absolute Gasteiger partial charge is 0.423 e. The van der Waals surface area contributed by atoms with Crippen LogP contribution in [0.1, 0.15) is 13.0 Å². The number of thiophene rings is 2. The zero-order valence-electron chi connectivity index (χ0n) is 30.4. The van der Waals surface area contributed by atoms with Crippen molar-refractivity contribution < 1.29 is 10.0 Å². The first-order chi connectivity index (χ1) is 27.3. The first-order valence-electron chi connectivity index (χ1n) is 18.2. The summed E-state index contributed by atoms with van der Waals surface area (Å²) in [7, 11) is -1.42. The van der Waals surface area contributed by atoms with Crippen molar-refractivity contribution in [3.8, 4) is 33.4 Å². The molecule has 2 heterocycles. The predicted octanol–water partition coefficient (Wildman–Crippen LogP) is 14.9. The van der Waals surface area contributed by atoms with Crippen molar-refractivity contribution in [1.29, 1.82) is 0 Å². The fraction of sp³-hybridized carbons (Fsp3) is 0.0400. The molecule has 0 saturated heterocycles. The fourth-order valence-corrected chi connectivity index (χ4v) is 9.81. The zero-order chi connectivity index (χ0) is 38.6. The molecule has 10 aromatic rings. The number of hydrogen-bond acceptors (Lipinski definition) is 4. The van der Waals surface area contributed by atoms with Crippen molar-refractivity contribution in [1.82, 2.24) is 0 Å². The second-order valence-electron chi connectivity index (χ2n) is 13.4. The molecule has 0 atom stereocenters. The molecule has 7 heteroatoms. The molecule has 0 aliphatic carbocycles. The molecular weight excluding hydrogens is 867 g/mol. The third-order valence-electron chi connectivity index (χ3n) is 9.71. The number of halogens is 2. The predicted molar refractivity (Wildman–Crippen MR) is 258 cm³/mol. The van der Waals surface area contributed by atoms with Crippen molar-refractivity contribution in [3.63, 3.8) is 0 Å². The number of benzene rings is 8. The topological polar surface area (TPSA) is 40.5 Å². The Bertz CT molecular complexity index is 2880. The van der Waals surface area contributed by atoms with E-state index in [4.69, 9.17) is 0 Å². The van der Waals surface area contributed by atoms with Gasteiger partial charge in [0.1, 0.15) is 0 Å². The molecule has 2 N–H and O–H groups in total. The summed E-state index contributed by atoms with van der Waals surface area (Å²) in [5.41, 5.74) is 9.12. The Balaban J connectivity index is 0.000000145. The highest BCUT2D eigenvalue weighted by atomic mass is 79.9. The summed E-state index contributed by atoms with van der Waals surface area (Å²) in [5.74, 6) is 0. The van der Waals surface area contributed by atoms with Crippen LogP contribution in [-0.2, 0) is 0 Å². The van der Waals surface area contributed by atoms with Crippen molar-refractivity contribution in [2.75, 3.05) is 0 Å². The van der Waals surface area contributed by atoms with Crippen LogP contribution in [-0.4, -0.2) is 17.2 Å². The third-order valence-corrected chi connectivity index (χ3v) is 13.2. The molecule has 0 radical (unpaired) electrons. The Morgan fingerprint density at radius 3 is 1.21 bits per heavy atom. The molecule has 0 aliphatic heterocycles. The lowest BCUT2D eigenvalue weighted by molar-refractivity contribution is 0.426. The van der Waals surface area contributed by atoms with Gasteiger partial charge in [0.25, 0.3) is 0 Å². The third kappa shape index (κ3) is 9.00. The molecule has 2 nitrogen and oxygen atoms in total. The Kier molecular flexibility index (Phi) is 12.9. The molecule has 0 spiro atoms. The van der Waals surface area contributed by atoms with Crippen LogP contribution in [0.3, 0.4) is 0 Å². The first kappa shape index (κ1) is 40.3. The Morgan fingerprint density at radius 2 is 0.772 bits per heavy atom. The fourth-order valence-electron chi connectivity index (χ4n) is 6.80. The van der Waals surface area contributed by atoms with Gasteiger partial charge in [0.15, 0.2) is 0 Å². The van der Waals surface area contributed by atoms with E-state index in [0.717, 1.165) is 14.5 Å². The van der Waals surface area contributed by atoms with Gasteiger partial charge in [-0.3, -0.25) is 0 Å². The van der Waals surface area contributed by atoms with Crippen LogP contribution < -0.4 is 5.46 Å². The van der Waals surface area contributed by atoms with E-state index in [1.165, 1.54) is 73.7 Å². The molecule has 0 amide bonds. The van der Waals surface area contributed by atoms with E-state index in [2.05, 4.69) is 184 Å². The van der Waals surface area contributed by atoms with E-state index in [-0.39, 0.29) is 7.43 Å². The molecule has 0 bridgehead atoms. The van der Waals surface area contributed by atoms with Gasteiger partial charge in [0.2, 0.25) is 0 Å². The lowest BCUT2D eigenvalue weighted by Crippen LogP contribution is -2.29. The monoisotopic (exact) mass is 904 g/mol. The standard InChI is InChI=1S/C24H15BrS.C18H13BO2S.C7H7Br.CH4/c25-19-14-12-17(13-15-19)16-8-10-18(11-9-16)20-5-3-6-22-21-4-1-2-7-23(21)26-24(20)22;20-19(21)13-10-8-12(9-11-13)14-5-3-6-16-15-4-1-2-7-17(15)22-18(14)16;1-6-2-4-7(8)5-3-6;/h1-15H;1-11,20-21H;2-5H,1H3;1H4. The van der Waals surface area contributed by atoms with E-state index in [9.17, 15) is 10.0 Å². The minimum absolute atomic E-state index is 0. The van der Waals surface area contributed by atoms with Gasteiger partial charge in [0.05, 0.1) is 0 Å². The second kappa shape index (κ2) is 18.2. The highest BCUT2D eigenvalue weighted by molar-refractivity contribution is 9.10. The summed E-state index contributed by atoms with van der Waals surface area (Å²) in [6.07, 6.45) is 0. The quantitative estimate of drug-likeness (QED) is 0.173. The molecule has 2 aromatic heterocycles. The van der Waals surface area contributed by atoms with Crippen LogP contribution in [0.15, 0.2) is 191 Å². The van der Waals surface area contributed by atoms with E-state index in [1.807, 2.05) is 35.6 Å². The minimum atomic E-state index is -1.42. The second-order valence-corrected chi connectivity index (χ2v) is 17.4. The van der Waals surface area contributed by atoms with Crippen molar-refractivity contribution in [3.05, 3.63) is 196 Å². The minimum Gasteiger partial charge on any atom is -0.423 e. The molecule has 0 aliphatic rings. The first-order valence-corrected chi connectivity index (χ1v) is 21.4.